The van der Waals surface area contributed by atoms with Gasteiger partial charge < -0.3 is 14.2 Å². The number of rotatable bonds is 3. The number of ether oxygens (including phenoxy) is 3. The van der Waals surface area contributed by atoms with Gasteiger partial charge in [0.1, 0.15) is 19.0 Å². The maximum absolute atomic E-state index is 12.7. The summed E-state index contributed by atoms with van der Waals surface area (Å²) in [6.07, 6.45) is 0.568. The van der Waals surface area contributed by atoms with E-state index in [-0.39, 0.29) is 30.6 Å². The number of piperidine rings is 1. The molecule has 6 nitrogen and oxygen atoms in total. The lowest BCUT2D eigenvalue weighted by molar-refractivity contribution is -0.129. The van der Waals surface area contributed by atoms with Crippen LogP contribution in [-0.2, 0) is 9.59 Å². The molecule has 6 heteroatoms. The number of carbonyl (C=O) groups is 2. The highest BCUT2D eigenvalue weighted by atomic mass is 16.6. The molecule has 2 heterocycles. The van der Waals surface area contributed by atoms with E-state index in [0.717, 1.165) is 11.3 Å². The fraction of sp³-hybridized carbons (Fsp3) is 0.300. The van der Waals surface area contributed by atoms with Crippen molar-refractivity contribution in [1.82, 2.24) is 0 Å². The van der Waals surface area contributed by atoms with Gasteiger partial charge in [-0.05, 0) is 29.8 Å². The van der Waals surface area contributed by atoms with E-state index in [9.17, 15) is 9.59 Å². The van der Waals surface area contributed by atoms with Crippen LogP contribution in [0.15, 0.2) is 42.5 Å². The minimum atomic E-state index is -0.209. The molecule has 0 spiro atoms. The fourth-order valence-electron chi connectivity index (χ4n) is 3.39. The number of benzene rings is 2. The first-order valence-electron chi connectivity index (χ1n) is 8.55. The maximum atomic E-state index is 12.7. The fourth-order valence-corrected chi connectivity index (χ4v) is 3.39. The maximum Gasteiger partial charge on any atom is 0.234 e. The second kappa shape index (κ2) is 6.71. The van der Waals surface area contributed by atoms with E-state index in [1.807, 2.05) is 24.3 Å². The van der Waals surface area contributed by atoms with Crippen molar-refractivity contribution in [3.63, 3.8) is 0 Å². The molecule has 0 aliphatic carbocycles. The Bertz CT molecular complexity index is 828. The number of amides is 2. The third kappa shape index (κ3) is 2.98. The Morgan fingerprint density at radius 3 is 2.23 bits per heavy atom. The van der Waals surface area contributed by atoms with E-state index in [2.05, 4.69) is 0 Å². The Morgan fingerprint density at radius 2 is 1.58 bits per heavy atom. The molecule has 2 aromatic rings. The van der Waals surface area contributed by atoms with Crippen LogP contribution in [0.25, 0.3) is 0 Å². The number of anilines is 1. The minimum Gasteiger partial charge on any atom is -0.497 e. The minimum absolute atomic E-state index is 0.116. The second-order valence-electron chi connectivity index (χ2n) is 6.33. The zero-order chi connectivity index (χ0) is 18.1. The number of hydrogen-bond donors (Lipinski definition) is 0. The highest BCUT2D eigenvalue weighted by Crippen LogP contribution is 2.37. The Kier molecular flexibility index (Phi) is 4.24. The highest BCUT2D eigenvalue weighted by Gasteiger charge is 2.34. The number of fused-ring (bicyclic) bond motifs is 1. The number of hydrogen-bond acceptors (Lipinski definition) is 5. The molecule has 0 radical (unpaired) electrons. The van der Waals surface area contributed by atoms with Gasteiger partial charge in [-0.2, -0.15) is 0 Å². The summed E-state index contributed by atoms with van der Waals surface area (Å²) in [7, 11) is 1.61. The summed E-state index contributed by atoms with van der Waals surface area (Å²) in [4.78, 5) is 26.6. The van der Waals surface area contributed by atoms with Crippen LogP contribution in [0, 0.1) is 0 Å². The lowest BCUT2D eigenvalue weighted by atomic mass is 9.88. The summed E-state index contributed by atoms with van der Waals surface area (Å²) in [6, 6.07) is 12.7. The van der Waals surface area contributed by atoms with Gasteiger partial charge in [-0.15, -0.1) is 0 Å². The van der Waals surface area contributed by atoms with Gasteiger partial charge in [0.05, 0.1) is 12.8 Å². The van der Waals surface area contributed by atoms with Crippen molar-refractivity contribution in [1.29, 1.82) is 0 Å². The third-order valence-corrected chi connectivity index (χ3v) is 4.71. The molecular formula is C20H19NO5. The van der Waals surface area contributed by atoms with Gasteiger partial charge in [0.2, 0.25) is 11.8 Å². The van der Waals surface area contributed by atoms with E-state index in [1.165, 1.54) is 4.90 Å². The van der Waals surface area contributed by atoms with Crippen molar-refractivity contribution in [3.8, 4) is 17.2 Å². The first-order chi connectivity index (χ1) is 12.7. The topological polar surface area (TPSA) is 65.1 Å². The summed E-state index contributed by atoms with van der Waals surface area (Å²) < 4.78 is 16.2. The zero-order valence-electron chi connectivity index (χ0n) is 14.4. The van der Waals surface area contributed by atoms with Gasteiger partial charge >= 0.3 is 0 Å². The van der Waals surface area contributed by atoms with Crippen molar-refractivity contribution >= 4 is 17.5 Å². The molecule has 0 atom stereocenters. The van der Waals surface area contributed by atoms with E-state index in [4.69, 9.17) is 14.2 Å². The first kappa shape index (κ1) is 16.4. The van der Waals surface area contributed by atoms with Crippen molar-refractivity contribution < 1.29 is 23.8 Å². The molecule has 2 aromatic carbocycles. The van der Waals surface area contributed by atoms with E-state index < -0.39 is 0 Å². The number of carbonyl (C=O) groups excluding carboxylic acids is 2. The summed E-state index contributed by atoms with van der Waals surface area (Å²) in [5, 5.41) is 0. The van der Waals surface area contributed by atoms with Crippen LogP contribution in [0.5, 0.6) is 17.2 Å². The smallest absolute Gasteiger partial charge is 0.234 e. The Morgan fingerprint density at radius 1 is 0.923 bits per heavy atom. The summed E-state index contributed by atoms with van der Waals surface area (Å²) in [5.74, 6) is 1.41. The Hall–Kier alpha value is -3.02. The summed E-state index contributed by atoms with van der Waals surface area (Å²) >= 11 is 0. The van der Waals surface area contributed by atoms with Crippen molar-refractivity contribution in [3.05, 3.63) is 48.0 Å². The van der Waals surface area contributed by atoms with Crippen LogP contribution >= 0.6 is 0 Å². The molecule has 0 N–H and O–H groups in total. The first-order valence-corrected chi connectivity index (χ1v) is 8.55. The molecule has 1 fully saturated rings. The molecule has 2 aliphatic rings. The monoisotopic (exact) mass is 353 g/mol. The molecule has 1 saturated heterocycles. The predicted octanol–water partition coefficient (Wildman–Crippen LogP) is 2.90. The molecule has 0 bridgehead atoms. The van der Waals surface area contributed by atoms with E-state index in [0.29, 0.717) is 30.4 Å². The molecule has 0 aromatic heterocycles. The number of imide groups is 1. The number of methoxy groups -OCH3 is 1. The predicted molar refractivity (Wildman–Crippen MR) is 94.9 cm³/mol. The second-order valence-corrected chi connectivity index (χ2v) is 6.33. The van der Waals surface area contributed by atoms with E-state index in [1.54, 1.807) is 25.3 Å². The summed E-state index contributed by atoms with van der Waals surface area (Å²) in [6.45, 7) is 0.954. The Labute approximate surface area is 151 Å². The molecule has 2 aliphatic heterocycles. The average molecular weight is 353 g/mol. The van der Waals surface area contributed by atoms with Crippen LogP contribution < -0.4 is 19.1 Å². The van der Waals surface area contributed by atoms with Gasteiger partial charge in [-0.25, -0.2) is 0 Å². The van der Waals surface area contributed by atoms with Gasteiger partial charge in [0.25, 0.3) is 0 Å². The van der Waals surface area contributed by atoms with Crippen molar-refractivity contribution in [2.75, 3.05) is 25.2 Å². The van der Waals surface area contributed by atoms with Crippen LogP contribution in [0.4, 0.5) is 5.69 Å². The third-order valence-electron chi connectivity index (χ3n) is 4.71. The van der Waals surface area contributed by atoms with Gasteiger partial charge in [-0.1, -0.05) is 12.1 Å². The van der Waals surface area contributed by atoms with Crippen molar-refractivity contribution in [2.24, 2.45) is 0 Å². The van der Waals surface area contributed by atoms with Crippen LogP contribution in [0.1, 0.15) is 24.3 Å². The molecule has 2 amide bonds. The molecule has 26 heavy (non-hydrogen) atoms. The standard InChI is InChI=1S/C20H19NO5/c1-24-16-5-2-13(3-6-16)14-10-19(22)21(20(23)11-14)15-4-7-17-18(12-15)26-9-8-25-17/h2-7,12,14H,8-11H2,1H3. The van der Waals surface area contributed by atoms with Gasteiger partial charge in [-0.3, -0.25) is 14.5 Å². The Balaban J connectivity index is 1.55. The normalized spacial score (nSPS) is 17.3. The van der Waals surface area contributed by atoms with Crippen LogP contribution in [0.3, 0.4) is 0 Å². The highest BCUT2D eigenvalue weighted by molar-refractivity contribution is 6.17. The van der Waals surface area contributed by atoms with Crippen molar-refractivity contribution in [2.45, 2.75) is 18.8 Å². The molecule has 134 valence electrons. The van der Waals surface area contributed by atoms with Crippen LogP contribution in [0.2, 0.25) is 0 Å². The SMILES string of the molecule is COc1ccc(C2CC(=O)N(c3ccc4c(c3)OCCO4)C(=O)C2)cc1. The largest absolute Gasteiger partial charge is 0.497 e. The van der Waals surface area contributed by atoms with E-state index >= 15 is 0 Å². The van der Waals surface area contributed by atoms with Gasteiger partial charge in [0.15, 0.2) is 11.5 Å². The summed E-state index contributed by atoms with van der Waals surface area (Å²) in [5.41, 5.74) is 1.49. The molecule has 0 unspecified atom stereocenters. The van der Waals surface area contributed by atoms with Gasteiger partial charge in [0, 0.05) is 24.8 Å². The number of nitrogens with zero attached hydrogens (tertiary/aromatic N) is 1. The lowest BCUT2D eigenvalue weighted by Gasteiger charge is -2.31. The molecule has 0 saturated carbocycles. The average Bonchev–Trinajstić information content (AvgIpc) is 2.67. The lowest BCUT2D eigenvalue weighted by Crippen LogP contribution is -2.42. The zero-order valence-corrected chi connectivity index (χ0v) is 14.4. The molecular weight excluding hydrogens is 334 g/mol. The van der Waals surface area contributed by atoms with Crippen LogP contribution in [-0.4, -0.2) is 32.1 Å². The molecule has 4 rings (SSSR count). The quantitative estimate of drug-likeness (QED) is 0.794.